The highest BCUT2D eigenvalue weighted by atomic mass is 79.9. The predicted octanol–water partition coefficient (Wildman–Crippen LogP) is 5.42. The van der Waals surface area contributed by atoms with Crippen molar-refractivity contribution in [1.82, 2.24) is 0 Å². The Morgan fingerprint density at radius 2 is 1.58 bits per heavy atom. The van der Waals surface area contributed by atoms with Gasteiger partial charge in [0.2, 0.25) is 0 Å². The van der Waals surface area contributed by atoms with Crippen molar-refractivity contribution in [1.29, 1.82) is 0 Å². The molecule has 2 aromatic carbocycles. The quantitative estimate of drug-likeness (QED) is 0.529. The van der Waals surface area contributed by atoms with Gasteiger partial charge in [0.25, 0.3) is 0 Å². The van der Waals surface area contributed by atoms with Crippen molar-refractivity contribution in [3.63, 3.8) is 0 Å². The lowest BCUT2D eigenvalue weighted by Crippen LogP contribution is -1.92. The van der Waals surface area contributed by atoms with Crippen LogP contribution >= 0.6 is 39.9 Å². The number of halogens is 3. The molecule has 0 unspecified atom stereocenters. The first-order valence-electron chi connectivity index (χ1n) is 5.39. The minimum absolute atomic E-state index is 0. The molecule has 0 heterocycles. The predicted molar refractivity (Wildman–Crippen MR) is 86.2 cm³/mol. The van der Waals surface area contributed by atoms with Crippen LogP contribution in [0.15, 0.2) is 59.1 Å². The molecule has 0 radical (unpaired) electrons. The Balaban J connectivity index is 0.00000180. The lowest BCUT2D eigenvalue weighted by atomic mass is 10.1. The van der Waals surface area contributed by atoms with E-state index in [0.29, 0.717) is 10.6 Å². The molecule has 2 aromatic rings. The maximum Gasteiger partial charge on any atom is 0.185 e. The van der Waals surface area contributed by atoms with Gasteiger partial charge in [0.15, 0.2) is 5.78 Å². The maximum absolute atomic E-state index is 11.9. The first-order valence-corrected chi connectivity index (χ1v) is 6.56. The molecule has 4 heteroatoms. The summed E-state index contributed by atoms with van der Waals surface area (Å²) < 4.78 is 1.02. The maximum atomic E-state index is 11.9. The van der Waals surface area contributed by atoms with E-state index in [9.17, 15) is 4.79 Å². The summed E-state index contributed by atoms with van der Waals surface area (Å²) in [5.41, 5.74) is 1.62. The van der Waals surface area contributed by atoms with Crippen molar-refractivity contribution in [3.8, 4) is 0 Å². The third-order valence-electron chi connectivity index (χ3n) is 2.43. The standard InChI is InChI=1S/C15H10BrClO.ClH/c16-13-6-1-11(2-7-13)3-10-15(18)12-4-8-14(17)9-5-12;/h1-10H;1H/b10-3+;. The van der Waals surface area contributed by atoms with Gasteiger partial charge in [-0.2, -0.15) is 0 Å². The summed E-state index contributed by atoms with van der Waals surface area (Å²) >= 11 is 9.14. The molecule has 0 atom stereocenters. The Hall–Kier alpha value is -1.09. The molecule has 1 nitrogen and oxygen atoms in total. The van der Waals surface area contributed by atoms with Gasteiger partial charge in [0.1, 0.15) is 0 Å². The second-order valence-electron chi connectivity index (χ2n) is 3.76. The number of carbonyl (C=O) groups is 1. The third kappa shape index (κ3) is 4.83. The Kier molecular flexibility index (Phi) is 6.29. The van der Waals surface area contributed by atoms with Crippen LogP contribution in [-0.4, -0.2) is 5.78 Å². The van der Waals surface area contributed by atoms with E-state index in [-0.39, 0.29) is 18.2 Å². The zero-order chi connectivity index (χ0) is 13.0. The van der Waals surface area contributed by atoms with Crippen LogP contribution < -0.4 is 0 Å². The first-order chi connectivity index (χ1) is 8.65. The van der Waals surface area contributed by atoms with Crippen molar-refractivity contribution in [2.45, 2.75) is 0 Å². The lowest BCUT2D eigenvalue weighted by Gasteiger charge is -1.96. The average molecular weight is 358 g/mol. The monoisotopic (exact) mass is 356 g/mol. The fourth-order valence-electron chi connectivity index (χ4n) is 1.46. The zero-order valence-corrected chi connectivity index (χ0v) is 13.0. The van der Waals surface area contributed by atoms with Gasteiger partial charge in [0.05, 0.1) is 0 Å². The van der Waals surface area contributed by atoms with E-state index in [1.165, 1.54) is 0 Å². The van der Waals surface area contributed by atoms with Gasteiger partial charge in [-0.05, 0) is 48.0 Å². The van der Waals surface area contributed by atoms with Crippen molar-refractivity contribution in [3.05, 3.63) is 75.2 Å². The van der Waals surface area contributed by atoms with E-state index in [0.717, 1.165) is 10.0 Å². The number of allylic oxidation sites excluding steroid dienone is 1. The molecule has 19 heavy (non-hydrogen) atoms. The fraction of sp³-hybridized carbons (Fsp3) is 0. The molecule has 0 aromatic heterocycles. The van der Waals surface area contributed by atoms with E-state index in [4.69, 9.17) is 11.6 Å². The summed E-state index contributed by atoms with van der Waals surface area (Å²) in [5.74, 6) is -0.0328. The summed E-state index contributed by atoms with van der Waals surface area (Å²) in [4.78, 5) is 11.9. The highest BCUT2D eigenvalue weighted by Gasteiger charge is 2.00. The molecule has 0 aliphatic carbocycles. The molecule has 2 rings (SSSR count). The number of hydrogen-bond donors (Lipinski definition) is 0. The normalized spacial score (nSPS) is 10.2. The Morgan fingerprint density at radius 1 is 1.00 bits per heavy atom. The third-order valence-corrected chi connectivity index (χ3v) is 3.21. The first kappa shape index (κ1) is 16.0. The molecule has 0 fully saturated rings. The van der Waals surface area contributed by atoms with Gasteiger partial charge in [-0.25, -0.2) is 0 Å². The number of hydrogen-bond acceptors (Lipinski definition) is 1. The summed E-state index contributed by atoms with van der Waals surface area (Å²) in [5, 5.41) is 0.628. The highest BCUT2D eigenvalue weighted by molar-refractivity contribution is 9.10. The number of carbonyl (C=O) groups excluding carboxylic acids is 1. The van der Waals surface area contributed by atoms with Crippen LogP contribution in [-0.2, 0) is 0 Å². The van der Waals surface area contributed by atoms with Crippen LogP contribution in [0.25, 0.3) is 6.08 Å². The topological polar surface area (TPSA) is 17.1 Å². The van der Waals surface area contributed by atoms with Gasteiger partial charge in [-0.1, -0.05) is 45.7 Å². The van der Waals surface area contributed by atoms with E-state index in [2.05, 4.69) is 15.9 Å². The Bertz CT molecular complexity index is 574. The summed E-state index contributed by atoms with van der Waals surface area (Å²) in [6.45, 7) is 0. The summed E-state index contributed by atoms with van der Waals surface area (Å²) in [6, 6.07) is 14.6. The van der Waals surface area contributed by atoms with Crippen LogP contribution in [0.3, 0.4) is 0 Å². The van der Waals surface area contributed by atoms with Crippen molar-refractivity contribution >= 4 is 51.8 Å². The van der Waals surface area contributed by atoms with Gasteiger partial charge >= 0.3 is 0 Å². The van der Waals surface area contributed by atoms with Crippen molar-refractivity contribution < 1.29 is 4.79 Å². The van der Waals surface area contributed by atoms with E-state index in [1.54, 1.807) is 36.4 Å². The summed E-state index contributed by atoms with van der Waals surface area (Å²) in [6.07, 6.45) is 3.36. The van der Waals surface area contributed by atoms with E-state index < -0.39 is 0 Å². The molecule has 0 N–H and O–H groups in total. The minimum Gasteiger partial charge on any atom is -0.289 e. The molecule has 0 aliphatic rings. The second kappa shape index (κ2) is 7.49. The molecule has 0 spiro atoms. The van der Waals surface area contributed by atoms with Gasteiger partial charge < -0.3 is 0 Å². The van der Waals surface area contributed by atoms with Crippen molar-refractivity contribution in [2.24, 2.45) is 0 Å². The summed E-state index contributed by atoms with van der Waals surface area (Å²) in [7, 11) is 0. The van der Waals surface area contributed by atoms with Crippen molar-refractivity contribution in [2.75, 3.05) is 0 Å². The fourth-order valence-corrected chi connectivity index (χ4v) is 1.85. The second-order valence-corrected chi connectivity index (χ2v) is 5.11. The van der Waals surface area contributed by atoms with Gasteiger partial charge in [-0.15, -0.1) is 12.4 Å². The smallest absolute Gasteiger partial charge is 0.185 e. The average Bonchev–Trinajstić information content (AvgIpc) is 2.38. The van der Waals surface area contributed by atoms with Crippen LogP contribution in [0.1, 0.15) is 15.9 Å². The van der Waals surface area contributed by atoms with Crippen LogP contribution in [0, 0.1) is 0 Å². The Labute approximate surface area is 131 Å². The minimum atomic E-state index is -0.0328. The Morgan fingerprint density at radius 3 is 2.16 bits per heavy atom. The van der Waals surface area contributed by atoms with Gasteiger partial charge in [-0.3, -0.25) is 4.79 Å². The van der Waals surface area contributed by atoms with E-state index >= 15 is 0 Å². The molecule has 98 valence electrons. The van der Waals surface area contributed by atoms with Crippen LogP contribution in [0.5, 0.6) is 0 Å². The molecule has 0 aliphatic heterocycles. The molecular formula is C15H11BrCl2O. The SMILES string of the molecule is Cl.O=C(/C=C/c1ccc(Br)cc1)c1ccc(Cl)cc1. The molecule has 0 saturated carbocycles. The molecule has 0 bridgehead atoms. The number of ketones is 1. The number of rotatable bonds is 3. The van der Waals surface area contributed by atoms with Crippen LogP contribution in [0.4, 0.5) is 0 Å². The largest absolute Gasteiger partial charge is 0.289 e. The highest BCUT2D eigenvalue weighted by Crippen LogP contribution is 2.13. The zero-order valence-electron chi connectivity index (χ0n) is 9.85. The van der Waals surface area contributed by atoms with E-state index in [1.807, 2.05) is 24.3 Å². The van der Waals surface area contributed by atoms with Crippen LogP contribution in [0.2, 0.25) is 5.02 Å². The lowest BCUT2D eigenvalue weighted by molar-refractivity contribution is 0.104. The molecular weight excluding hydrogens is 347 g/mol. The molecule has 0 saturated heterocycles. The molecule has 0 amide bonds. The van der Waals surface area contributed by atoms with Gasteiger partial charge in [0, 0.05) is 15.1 Å². The number of benzene rings is 2.